The van der Waals surface area contributed by atoms with Gasteiger partial charge in [0.25, 0.3) is 5.56 Å². The van der Waals surface area contributed by atoms with Crippen LogP contribution in [0.2, 0.25) is 0 Å². The van der Waals surface area contributed by atoms with Crippen molar-refractivity contribution >= 4 is 16.9 Å². The standard InChI is InChI=1S/C22H26FN5O2/c1-26-21-19(13-25-26)22(30)27(15-24-21)12-11-20(29)28(18-5-3-2-4-6-18)14-16-7-9-17(23)10-8-16/h7-10,13,15,18H,2-6,11-12,14H2,1H3. The molecule has 1 fully saturated rings. The third kappa shape index (κ3) is 4.27. The second-order valence-electron chi connectivity index (χ2n) is 7.94. The Labute approximate surface area is 174 Å². The summed E-state index contributed by atoms with van der Waals surface area (Å²) in [6, 6.07) is 6.49. The minimum atomic E-state index is -0.285. The Bertz CT molecular complexity index is 1080. The van der Waals surface area contributed by atoms with E-state index in [2.05, 4.69) is 10.1 Å². The van der Waals surface area contributed by atoms with Crippen LogP contribution in [0.5, 0.6) is 0 Å². The summed E-state index contributed by atoms with van der Waals surface area (Å²) < 4.78 is 16.3. The predicted octanol–water partition coefficient (Wildman–Crippen LogP) is 3.02. The van der Waals surface area contributed by atoms with E-state index < -0.39 is 0 Å². The van der Waals surface area contributed by atoms with E-state index in [1.165, 1.54) is 35.6 Å². The van der Waals surface area contributed by atoms with Crippen LogP contribution < -0.4 is 5.56 Å². The van der Waals surface area contributed by atoms with Gasteiger partial charge in [0.05, 0.1) is 12.5 Å². The van der Waals surface area contributed by atoms with E-state index in [1.54, 1.807) is 23.9 Å². The minimum absolute atomic E-state index is 0.00408. The maximum Gasteiger partial charge on any atom is 0.264 e. The molecule has 0 N–H and O–H groups in total. The number of fused-ring (bicyclic) bond motifs is 1. The van der Waals surface area contributed by atoms with E-state index in [1.807, 2.05) is 4.90 Å². The first kappa shape index (κ1) is 20.3. The van der Waals surface area contributed by atoms with Gasteiger partial charge in [-0.25, -0.2) is 9.37 Å². The van der Waals surface area contributed by atoms with Crippen LogP contribution in [0.1, 0.15) is 44.1 Å². The molecule has 1 aliphatic rings. The van der Waals surface area contributed by atoms with Crippen LogP contribution in [-0.4, -0.2) is 36.2 Å². The largest absolute Gasteiger partial charge is 0.335 e. The fraction of sp³-hybridized carbons (Fsp3) is 0.455. The lowest BCUT2D eigenvalue weighted by molar-refractivity contribution is -0.135. The first-order chi connectivity index (χ1) is 14.5. The summed E-state index contributed by atoms with van der Waals surface area (Å²) in [5, 5.41) is 4.52. The van der Waals surface area contributed by atoms with Crippen molar-refractivity contribution in [3.63, 3.8) is 0 Å². The zero-order valence-electron chi connectivity index (χ0n) is 17.1. The molecule has 1 aliphatic carbocycles. The van der Waals surface area contributed by atoms with Gasteiger partial charge in [0.2, 0.25) is 5.91 Å². The summed E-state index contributed by atoms with van der Waals surface area (Å²) in [7, 11) is 1.74. The second-order valence-corrected chi connectivity index (χ2v) is 7.94. The molecule has 158 valence electrons. The fourth-order valence-corrected chi connectivity index (χ4v) is 4.19. The van der Waals surface area contributed by atoms with E-state index in [0.717, 1.165) is 31.2 Å². The van der Waals surface area contributed by atoms with Crippen molar-refractivity contribution in [2.45, 2.75) is 57.7 Å². The Morgan fingerprint density at radius 1 is 1.20 bits per heavy atom. The minimum Gasteiger partial charge on any atom is -0.335 e. The first-order valence-electron chi connectivity index (χ1n) is 10.4. The summed E-state index contributed by atoms with van der Waals surface area (Å²) >= 11 is 0. The molecule has 7 nitrogen and oxygen atoms in total. The van der Waals surface area contributed by atoms with E-state index in [-0.39, 0.29) is 36.3 Å². The summed E-state index contributed by atoms with van der Waals surface area (Å²) in [6.07, 6.45) is 8.58. The summed E-state index contributed by atoms with van der Waals surface area (Å²) in [5.41, 5.74) is 1.25. The maximum atomic E-state index is 13.3. The van der Waals surface area contributed by atoms with Crippen molar-refractivity contribution in [3.05, 3.63) is 58.5 Å². The van der Waals surface area contributed by atoms with Crippen LogP contribution in [0.4, 0.5) is 4.39 Å². The van der Waals surface area contributed by atoms with Crippen molar-refractivity contribution in [1.29, 1.82) is 0 Å². The molecule has 2 heterocycles. The van der Waals surface area contributed by atoms with Crippen molar-refractivity contribution < 1.29 is 9.18 Å². The predicted molar refractivity (Wildman–Crippen MR) is 111 cm³/mol. The molecule has 2 aromatic heterocycles. The van der Waals surface area contributed by atoms with Crippen molar-refractivity contribution in [3.8, 4) is 0 Å². The third-order valence-electron chi connectivity index (χ3n) is 5.89. The Kier molecular flexibility index (Phi) is 5.92. The van der Waals surface area contributed by atoms with Crippen LogP contribution in [0.3, 0.4) is 0 Å². The van der Waals surface area contributed by atoms with Crippen LogP contribution in [0.25, 0.3) is 11.0 Å². The number of rotatable bonds is 6. The van der Waals surface area contributed by atoms with Gasteiger partial charge in [-0.05, 0) is 30.5 Å². The van der Waals surface area contributed by atoms with Crippen molar-refractivity contribution in [1.82, 2.24) is 24.2 Å². The number of aromatic nitrogens is 4. The number of carbonyl (C=O) groups excluding carboxylic acids is 1. The number of halogens is 1. The smallest absolute Gasteiger partial charge is 0.264 e. The Morgan fingerprint density at radius 3 is 2.67 bits per heavy atom. The van der Waals surface area contributed by atoms with Gasteiger partial charge in [-0.3, -0.25) is 18.8 Å². The Hall–Kier alpha value is -3.03. The second kappa shape index (κ2) is 8.77. The van der Waals surface area contributed by atoms with Crippen LogP contribution in [-0.2, 0) is 24.9 Å². The Balaban J connectivity index is 1.50. The number of nitrogens with zero attached hydrogens (tertiary/aromatic N) is 5. The normalized spacial score (nSPS) is 14.9. The molecule has 0 bridgehead atoms. The molecular weight excluding hydrogens is 385 g/mol. The molecule has 1 amide bonds. The van der Waals surface area contributed by atoms with E-state index in [0.29, 0.717) is 17.6 Å². The summed E-state index contributed by atoms with van der Waals surface area (Å²) in [5.74, 6) is -0.281. The molecule has 0 unspecified atom stereocenters. The third-order valence-corrected chi connectivity index (χ3v) is 5.89. The number of hydrogen-bond acceptors (Lipinski definition) is 4. The van der Waals surface area contributed by atoms with E-state index >= 15 is 0 Å². The topological polar surface area (TPSA) is 73.0 Å². The number of carbonyl (C=O) groups is 1. The molecule has 30 heavy (non-hydrogen) atoms. The van der Waals surface area contributed by atoms with E-state index in [4.69, 9.17) is 0 Å². The molecule has 0 radical (unpaired) electrons. The fourth-order valence-electron chi connectivity index (χ4n) is 4.19. The zero-order valence-corrected chi connectivity index (χ0v) is 17.1. The van der Waals surface area contributed by atoms with Gasteiger partial charge < -0.3 is 4.90 Å². The molecular formula is C22H26FN5O2. The summed E-state index contributed by atoms with van der Waals surface area (Å²) in [4.78, 5) is 32.0. The van der Waals surface area contributed by atoms with Crippen LogP contribution in [0.15, 0.2) is 41.6 Å². The SMILES string of the molecule is Cn1ncc2c(=O)n(CCC(=O)N(Cc3ccc(F)cc3)C3CCCCC3)cnc21. The highest BCUT2D eigenvalue weighted by Gasteiger charge is 2.25. The number of amides is 1. The van der Waals surface area contributed by atoms with Gasteiger partial charge in [0, 0.05) is 32.6 Å². The first-order valence-corrected chi connectivity index (χ1v) is 10.4. The lowest BCUT2D eigenvalue weighted by Crippen LogP contribution is -2.41. The van der Waals surface area contributed by atoms with Crippen molar-refractivity contribution in [2.75, 3.05) is 0 Å². The molecule has 3 aromatic rings. The van der Waals surface area contributed by atoms with Gasteiger partial charge in [-0.15, -0.1) is 0 Å². The van der Waals surface area contributed by atoms with Crippen molar-refractivity contribution in [2.24, 2.45) is 7.05 Å². The highest BCUT2D eigenvalue weighted by Crippen LogP contribution is 2.25. The van der Waals surface area contributed by atoms with Gasteiger partial charge in [0.15, 0.2) is 5.65 Å². The number of benzene rings is 1. The molecule has 1 aromatic carbocycles. The lowest BCUT2D eigenvalue weighted by atomic mass is 9.93. The monoisotopic (exact) mass is 411 g/mol. The average molecular weight is 411 g/mol. The summed E-state index contributed by atoms with van der Waals surface area (Å²) in [6.45, 7) is 0.723. The number of aryl methyl sites for hydroxylation is 2. The molecule has 8 heteroatoms. The van der Waals surface area contributed by atoms with Crippen LogP contribution in [0, 0.1) is 5.82 Å². The molecule has 4 rings (SSSR count). The van der Waals surface area contributed by atoms with Gasteiger partial charge in [-0.2, -0.15) is 5.10 Å². The zero-order chi connectivity index (χ0) is 21.1. The van der Waals surface area contributed by atoms with Gasteiger partial charge in [0.1, 0.15) is 11.2 Å². The maximum absolute atomic E-state index is 13.3. The van der Waals surface area contributed by atoms with Gasteiger partial charge >= 0.3 is 0 Å². The highest BCUT2D eigenvalue weighted by atomic mass is 19.1. The average Bonchev–Trinajstić information content (AvgIpc) is 3.15. The number of hydrogen-bond donors (Lipinski definition) is 0. The quantitative estimate of drug-likeness (QED) is 0.625. The molecule has 0 aliphatic heterocycles. The molecule has 0 saturated heterocycles. The molecule has 0 spiro atoms. The highest BCUT2D eigenvalue weighted by molar-refractivity contribution is 5.76. The lowest BCUT2D eigenvalue weighted by Gasteiger charge is -2.34. The van der Waals surface area contributed by atoms with Crippen LogP contribution >= 0.6 is 0 Å². The Morgan fingerprint density at radius 2 is 1.93 bits per heavy atom. The molecule has 1 saturated carbocycles. The van der Waals surface area contributed by atoms with E-state index in [9.17, 15) is 14.0 Å². The molecule has 0 atom stereocenters. The van der Waals surface area contributed by atoms with Gasteiger partial charge in [-0.1, -0.05) is 31.4 Å².